The fraction of sp³-hybridized carbons (Fsp3) is 0.250. The molecule has 1 heterocycles. The van der Waals surface area contributed by atoms with Crippen LogP contribution in [-0.4, -0.2) is 33.0 Å². The maximum Gasteiger partial charge on any atom is 0.243 e. The van der Waals surface area contributed by atoms with Gasteiger partial charge >= 0.3 is 0 Å². The van der Waals surface area contributed by atoms with Gasteiger partial charge in [0.05, 0.1) is 14.9 Å². The van der Waals surface area contributed by atoms with Crippen LogP contribution in [0.15, 0.2) is 41.3 Å². The highest BCUT2D eigenvalue weighted by atomic mass is 35.5. The molecule has 0 spiro atoms. The van der Waals surface area contributed by atoms with Crippen molar-refractivity contribution in [2.75, 3.05) is 20.3 Å². The number of hydrogen-bond donors (Lipinski definition) is 0. The Bertz CT molecular complexity index is 870. The summed E-state index contributed by atoms with van der Waals surface area (Å²) in [6.45, 7) is 1.19. The molecular formula is C16H15Cl2NO4S. The molecule has 0 N–H and O–H groups in total. The predicted molar refractivity (Wildman–Crippen MR) is 92.5 cm³/mol. The first-order valence-corrected chi connectivity index (χ1v) is 9.37. The fourth-order valence-electron chi connectivity index (χ4n) is 2.35. The molecule has 1 aliphatic heterocycles. The van der Waals surface area contributed by atoms with Gasteiger partial charge in [0.15, 0.2) is 11.5 Å². The second-order valence-electron chi connectivity index (χ2n) is 5.32. The van der Waals surface area contributed by atoms with E-state index in [0.717, 1.165) is 5.56 Å². The van der Waals surface area contributed by atoms with Crippen LogP contribution in [0.2, 0.25) is 10.0 Å². The number of rotatable bonds is 4. The van der Waals surface area contributed by atoms with Crippen molar-refractivity contribution in [3.05, 3.63) is 52.0 Å². The van der Waals surface area contributed by atoms with E-state index in [1.54, 1.807) is 12.1 Å². The lowest BCUT2D eigenvalue weighted by molar-refractivity contribution is 0.171. The highest BCUT2D eigenvalue weighted by molar-refractivity contribution is 7.89. The number of hydrogen-bond acceptors (Lipinski definition) is 4. The monoisotopic (exact) mass is 387 g/mol. The first-order valence-electron chi connectivity index (χ1n) is 7.18. The van der Waals surface area contributed by atoms with Crippen LogP contribution in [0.5, 0.6) is 11.5 Å². The molecule has 2 aromatic rings. The van der Waals surface area contributed by atoms with Crippen LogP contribution in [-0.2, 0) is 16.6 Å². The van der Waals surface area contributed by atoms with Gasteiger partial charge < -0.3 is 9.47 Å². The van der Waals surface area contributed by atoms with E-state index < -0.39 is 10.0 Å². The molecule has 3 rings (SSSR count). The molecule has 1 aliphatic rings. The molecule has 0 bridgehead atoms. The maximum absolute atomic E-state index is 12.7. The number of sulfonamides is 1. The molecule has 0 saturated carbocycles. The van der Waals surface area contributed by atoms with Crippen molar-refractivity contribution in [3.63, 3.8) is 0 Å². The molecule has 0 saturated heterocycles. The number of nitrogens with zero attached hydrogens (tertiary/aromatic N) is 1. The van der Waals surface area contributed by atoms with E-state index >= 15 is 0 Å². The lowest BCUT2D eigenvalue weighted by Crippen LogP contribution is -2.26. The lowest BCUT2D eigenvalue weighted by Gasteiger charge is -2.21. The summed E-state index contributed by atoms with van der Waals surface area (Å²) in [5, 5.41) is 0.510. The van der Waals surface area contributed by atoms with E-state index in [2.05, 4.69) is 0 Å². The molecule has 0 amide bonds. The lowest BCUT2D eigenvalue weighted by atomic mass is 10.2. The third-order valence-electron chi connectivity index (χ3n) is 3.61. The Morgan fingerprint density at radius 2 is 1.71 bits per heavy atom. The van der Waals surface area contributed by atoms with Crippen LogP contribution in [0.25, 0.3) is 0 Å². The van der Waals surface area contributed by atoms with Crippen LogP contribution >= 0.6 is 23.2 Å². The molecule has 128 valence electrons. The maximum atomic E-state index is 12.7. The van der Waals surface area contributed by atoms with E-state index in [-0.39, 0.29) is 16.5 Å². The minimum absolute atomic E-state index is 0.0944. The van der Waals surface area contributed by atoms with Crippen molar-refractivity contribution in [1.29, 1.82) is 0 Å². The molecule has 5 nitrogen and oxygen atoms in total. The minimum Gasteiger partial charge on any atom is -0.486 e. The molecule has 0 unspecified atom stereocenters. The van der Waals surface area contributed by atoms with Crippen LogP contribution in [0.1, 0.15) is 5.56 Å². The summed E-state index contributed by atoms with van der Waals surface area (Å²) in [7, 11) is -2.17. The molecule has 0 aromatic heterocycles. The summed E-state index contributed by atoms with van der Waals surface area (Å²) < 4.78 is 37.5. The van der Waals surface area contributed by atoms with E-state index in [4.69, 9.17) is 32.7 Å². The summed E-state index contributed by atoms with van der Waals surface area (Å²) in [4.78, 5) is 0.0944. The predicted octanol–water partition coefficient (Wildman–Crippen LogP) is 3.59. The number of ether oxygens (including phenoxy) is 2. The number of benzene rings is 2. The third kappa shape index (κ3) is 3.47. The zero-order chi connectivity index (χ0) is 17.3. The number of halogens is 2. The van der Waals surface area contributed by atoms with Gasteiger partial charge in [0, 0.05) is 13.6 Å². The van der Waals surface area contributed by atoms with Crippen molar-refractivity contribution in [2.45, 2.75) is 11.4 Å². The summed E-state index contributed by atoms with van der Waals surface area (Å²) >= 11 is 11.8. The van der Waals surface area contributed by atoms with Crippen molar-refractivity contribution in [3.8, 4) is 11.5 Å². The summed E-state index contributed by atoms with van der Waals surface area (Å²) in [5.74, 6) is 1.29. The molecule has 8 heteroatoms. The molecular weight excluding hydrogens is 373 g/mol. The Balaban J connectivity index is 1.83. The normalized spacial score (nSPS) is 14.0. The van der Waals surface area contributed by atoms with Gasteiger partial charge in [-0.1, -0.05) is 29.3 Å². The fourth-order valence-corrected chi connectivity index (χ4v) is 3.89. The Kier molecular flexibility index (Phi) is 4.92. The first kappa shape index (κ1) is 17.4. The molecule has 0 aliphatic carbocycles. The smallest absolute Gasteiger partial charge is 0.243 e. The molecule has 0 fully saturated rings. The Labute approximate surface area is 150 Å². The second-order valence-corrected chi connectivity index (χ2v) is 8.17. The average molecular weight is 388 g/mol. The molecule has 0 radical (unpaired) electrons. The third-order valence-corrected chi connectivity index (χ3v) is 6.15. The highest BCUT2D eigenvalue weighted by Gasteiger charge is 2.22. The molecule has 0 atom stereocenters. The Hall–Kier alpha value is -1.47. The van der Waals surface area contributed by atoms with E-state index in [1.165, 1.54) is 29.6 Å². The van der Waals surface area contributed by atoms with E-state index in [0.29, 0.717) is 29.7 Å². The zero-order valence-corrected chi connectivity index (χ0v) is 15.2. The quantitative estimate of drug-likeness (QED) is 0.804. The minimum atomic E-state index is -3.68. The van der Waals surface area contributed by atoms with Crippen LogP contribution < -0.4 is 9.47 Å². The van der Waals surface area contributed by atoms with Crippen LogP contribution in [0, 0.1) is 0 Å². The molecule has 2 aromatic carbocycles. The topological polar surface area (TPSA) is 55.8 Å². The number of fused-ring (bicyclic) bond motifs is 1. The molecule has 24 heavy (non-hydrogen) atoms. The van der Waals surface area contributed by atoms with Gasteiger partial charge in [-0.2, -0.15) is 4.31 Å². The van der Waals surface area contributed by atoms with Crippen molar-refractivity contribution >= 4 is 33.2 Å². The van der Waals surface area contributed by atoms with Gasteiger partial charge in [0.1, 0.15) is 13.2 Å². The SMILES string of the molecule is CN(Cc1ccc2c(c1)OCCO2)S(=O)(=O)c1ccc(Cl)c(Cl)c1. The van der Waals surface area contributed by atoms with Gasteiger partial charge in [-0.15, -0.1) is 0 Å². The Morgan fingerprint density at radius 1 is 1.00 bits per heavy atom. The second kappa shape index (κ2) is 6.80. The van der Waals surface area contributed by atoms with Gasteiger partial charge in [0.2, 0.25) is 10.0 Å². The van der Waals surface area contributed by atoms with Crippen molar-refractivity contribution in [1.82, 2.24) is 4.31 Å². The standard InChI is InChI=1S/C16H15Cl2NO4S/c1-19(24(20,21)12-3-4-13(17)14(18)9-12)10-11-2-5-15-16(8-11)23-7-6-22-15/h2-5,8-9H,6-7,10H2,1H3. The summed E-state index contributed by atoms with van der Waals surface area (Å²) in [5.41, 5.74) is 0.797. The summed E-state index contributed by atoms with van der Waals surface area (Å²) in [6.07, 6.45) is 0. The van der Waals surface area contributed by atoms with Gasteiger partial charge in [-0.3, -0.25) is 0 Å². The highest BCUT2D eigenvalue weighted by Crippen LogP contribution is 2.32. The van der Waals surface area contributed by atoms with Gasteiger partial charge in [0.25, 0.3) is 0 Å². The van der Waals surface area contributed by atoms with Crippen LogP contribution in [0.4, 0.5) is 0 Å². The summed E-state index contributed by atoms with van der Waals surface area (Å²) in [6, 6.07) is 9.63. The van der Waals surface area contributed by atoms with E-state index in [9.17, 15) is 8.42 Å². The zero-order valence-electron chi connectivity index (χ0n) is 12.8. The van der Waals surface area contributed by atoms with Crippen LogP contribution in [0.3, 0.4) is 0 Å². The van der Waals surface area contributed by atoms with Crippen molar-refractivity contribution < 1.29 is 17.9 Å². The van der Waals surface area contributed by atoms with Gasteiger partial charge in [-0.25, -0.2) is 8.42 Å². The van der Waals surface area contributed by atoms with E-state index in [1.807, 2.05) is 6.07 Å². The first-order chi connectivity index (χ1) is 11.4. The van der Waals surface area contributed by atoms with Crippen molar-refractivity contribution in [2.24, 2.45) is 0 Å². The van der Waals surface area contributed by atoms with Gasteiger partial charge in [-0.05, 0) is 35.9 Å². The largest absolute Gasteiger partial charge is 0.486 e. The average Bonchev–Trinajstić information content (AvgIpc) is 2.57. The Morgan fingerprint density at radius 3 is 2.42 bits per heavy atom.